The first-order valence-electron chi connectivity index (χ1n) is 6.49. The molecule has 0 bridgehead atoms. The molecule has 114 valence electrons. The van der Waals surface area contributed by atoms with Crippen LogP contribution in [0.4, 0.5) is 0 Å². The molecule has 0 aliphatic rings. The minimum atomic E-state index is -3.50. The topological polar surface area (TPSA) is 46.2 Å². The Morgan fingerprint density at radius 1 is 1.25 bits per heavy atom. The lowest BCUT2D eigenvalue weighted by Crippen LogP contribution is -2.45. The quantitative estimate of drug-likeness (QED) is 0.888. The van der Waals surface area contributed by atoms with E-state index in [0.29, 0.717) is 11.6 Å². The molecule has 0 aliphatic heterocycles. The largest absolute Gasteiger partial charge is 0.313 e. The van der Waals surface area contributed by atoms with Gasteiger partial charge in [0, 0.05) is 11.1 Å². The van der Waals surface area contributed by atoms with Crippen LogP contribution >= 0.6 is 23.2 Å². The van der Waals surface area contributed by atoms with E-state index >= 15 is 0 Å². The van der Waals surface area contributed by atoms with Gasteiger partial charge in [-0.2, -0.15) is 0 Å². The van der Waals surface area contributed by atoms with Gasteiger partial charge < -0.3 is 5.32 Å². The van der Waals surface area contributed by atoms with Crippen molar-refractivity contribution in [3.63, 3.8) is 0 Å². The molecule has 1 unspecified atom stereocenters. The Morgan fingerprint density at radius 3 is 2.35 bits per heavy atom. The Labute approximate surface area is 131 Å². The normalized spacial score (nSPS) is 14.3. The van der Waals surface area contributed by atoms with E-state index in [4.69, 9.17) is 23.2 Å². The Balaban J connectivity index is 3.13. The van der Waals surface area contributed by atoms with Gasteiger partial charge in [0.25, 0.3) is 0 Å². The summed E-state index contributed by atoms with van der Waals surface area (Å²) >= 11 is 11.9. The van der Waals surface area contributed by atoms with Crippen molar-refractivity contribution in [2.75, 3.05) is 12.3 Å². The van der Waals surface area contributed by atoms with Crippen LogP contribution in [0.5, 0.6) is 0 Å². The van der Waals surface area contributed by atoms with Crippen molar-refractivity contribution in [3.05, 3.63) is 28.2 Å². The highest BCUT2D eigenvalue weighted by atomic mass is 35.5. The van der Waals surface area contributed by atoms with Crippen LogP contribution in [-0.4, -0.2) is 26.8 Å². The first-order chi connectivity index (χ1) is 9.08. The zero-order chi connectivity index (χ0) is 15.6. The maximum Gasteiger partial charge on any atom is 0.181 e. The molecule has 0 spiro atoms. The standard InChI is InChI=1S/C14H21Cl2NO2S/c1-5-17-13(14(2,3)4)9-20(18,19)12-8-10(15)6-7-11(12)16/h6-8,13,17H,5,9H2,1-4H3. The summed E-state index contributed by atoms with van der Waals surface area (Å²) in [5, 5.41) is 3.80. The van der Waals surface area contributed by atoms with Crippen LogP contribution in [-0.2, 0) is 9.84 Å². The zero-order valence-electron chi connectivity index (χ0n) is 12.2. The smallest absolute Gasteiger partial charge is 0.181 e. The number of nitrogens with one attached hydrogen (secondary N) is 1. The lowest BCUT2D eigenvalue weighted by atomic mass is 9.88. The molecular formula is C14H21Cl2NO2S. The minimum Gasteiger partial charge on any atom is -0.313 e. The van der Waals surface area contributed by atoms with Gasteiger partial charge in [-0.05, 0) is 30.2 Å². The van der Waals surface area contributed by atoms with Gasteiger partial charge in [0.05, 0.1) is 15.7 Å². The number of halogens is 2. The SMILES string of the molecule is CCNC(CS(=O)(=O)c1cc(Cl)ccc1Cl)C(C)(C)C. The third kappa shape index (κ3) is 4.62. The Bertz CT molecular complexity index is 565. The summed E-state index contributed by atoms with van der Waals surface area (Å²) in [6, 6.07) is 4.34. The van der Waals surface area contributed by atoms with Gasteiger partial charge in [0.15, 0.2) is 9.84 Å². The molecule has 0 aliphatic carbocycles. The second-order valence-corrected chi connectivity index (χ2v) is 8.68. The lowest BCUT2D eigenvalue weighted by molar-refractivity contribution is 0.292. The van der Waals surface area contributed by atoms with Gasteiger partial charge in [-0.3, -0.25) is 0 Å². The molecular weight excluding hydrogens is 317 g/mol. The predicted octanol–water partition coefficient (Wildman–Crippen LogP) is 3.79. The first kappa shape index (κ1) is 17.8. The van der Waals surface area contributed by atoms with E-state index in [9.17, 15) is 8.42 Å². The number of benzene rings is 1. The molecule has 0 saturated heterocycles. The summed E-state index contributed by atoms with van der Waals surface area (Å²) in [5.74, 6) is -0.00952. The van der Waals surface area contributed by atoms with Crippen LogP contribution in [0.2, 0.25) is 10.0 Å². The number of rotatable bonds is 5. The average Bonchev–Trinajstić information content (AvgIpc) is 2.30. The molecule has 20 heavy (non-hydrogen) atoms. The summed E-state index contributed by atoms with van der Waals surface area (Å²) in [6.07, 6.45) is 0. The molecule has 3 nitrogen and oxygen atoms in total. The van der Waals surface area contributed by atoms with Gasteiger partial charge in [-0.25, -0.2) is 8.42 Å². The highest BCUT2D eigenvalue weighted by Gasteiger charge is 2.30. The van der Waals surface area contributed by atoms with Gasteiger partial charge in [0.1, 0.15) is 0 Å². The van der Waals surface area contributed by atoms with Crippen molar-refractivity contribution in [1.29, 1.82) is 0 Å². The predicted molar refractivity (Wildman–Crippen MR) is 85.4 cm³/mol. The van der Waals surface area contributed by atoms with Crippen molar-refractivity contribution in [3.8, 4) is 0 Å². The molecule has 1 N–H and O–H groups in total. The maximum absolute atomic E-state index is 12.6. The van der Waals surface area contributed by atoms with Crippen molar-refractivity contribution in [2.24, 2.45) is 5.41 Å². The van der Waals surface area contributed by atoms with E-state index in [1.807, 2.05) is 27.7 Å². The Kier molecular flexibility index (Phi) is 5.90. The van der Waals surface area contributed by atoms with Gasteiger partial charge in [0.2, 0.25) is 0 Å². The fourth-order valence-electron chi connectivity index (χ4n) is 1.89. The summed E-state index contributed by atoms with van der Waals surface area (Å²) < 4.78 is 25.1. The monoisotopic (exact) mass is 337 g/mol. The molecule has 0 fully saturated rings. The Hall–Kier alpha value is -0.290. The summed E-state index contributed by atoms with van der Waals surface area (Å²) in [4.78, 5) is 0.0961. The highest BCUT2D eigenvalue weighted by molar-refractivity contribution is 7.91. The molecule has 0 radical (unpaired) electrons. The first-order valence-corrected chi connectivity index (χ1v) is 8.90. The molecule has 0 heterocycles. The maximum atomic E-state index is 12.6. The summed E-state index contributed by atoms with van der Waals surface area (Å²) in [6.45, 7) is 8.69. The van der Waals surface area contributed by atoms with Crippen molar-refractivity contribution >= 4 is 33.0 Å². The molecule has 1 atom stereocenters. The van der Waals surface area contributed by atoms with Crippen molar-refractivity contribution in [1.82, 2.24) is 5.32 Å². The minimum absolute atomic E-state index is 0.00952. The van der Waals surface area contributed by atoms with Gasteiger partial charge in [-0.1, -0.05) is 50.9 Å². The van der Waals surface area contributed by atoms with Crippen LogP contribution in [0.25, 0.3) is 0 Å². The van der Waals surface area contributed by atoms with E-state index < -0.39 is 9.84 Å². The second kappa shape index (κ2) is 6.65. The molecule has 6 heteroatoms. The highest BCUT2D eigenvalue weighted by Crippen LogP contribution is 2.29. The fourth-order valence-corrected chi connectivity index (χ4v) is 4.50. The zero-order valence-corrected chi connectivity index (χ0v) is 14.5. The van der Waals surface area contributed by atoms with Gasteiger partial charge in [-0.15, -0.1) is 0 Å². The van der Waals surface area contributed by atoms with Crippen LogP contribution in [0.3, 0.4) is 0 Å². The molecule has 0 saturated carbocycles. The van der Waals surface area contributed by atoms with Crippen LogP contribution in [0, 0.1) is 5.41 Å². The molecule has 1 aromatic carbocycles. The Morgan fingerprint density at radius 2 is 1.85 bits per heavy atom. The molecule has 0 aromatic heterocycles. The van der Waals surface area contributed by atoms with Crippen molar-refractivity contribution in [2.45, 2.75) is 38.6 Å². The van der Waals surface area contributed by atoms with Gasteiger partial charge >= 0.3 is 0 Å². The van der Waals surface area contributed by atoms with E-state index in [2.05, 4.69) is 5.32 Å². The van der Waals surface area contributed by atoms with Crippen LogP contribution < -0.4 is 5.32 Å². The second-order valence-electron chi connectivity index (χ2n) is 5.83. The number of hydrogen-bond acceptors (Lipinski definition) is 3. The van der Waals surface area contributed by atoms with E-state index in [0.717, 1.165) is 0 Å². The molecule has 1 rings (SSSR count). The lowest BCUT2D eigenvalue weighted by Gasteiger charge is -2.31. The molecule has 0 amide bonds. The van der Waals surface area contributed by atoms with Crippen LogP contribution in [0.1, 0.15) is 27.7 Å². The van der Waals surface area contributed by atoms with Crippen molar-refractivity contribution < 1.29 is 8.42 Å². The fraction of sp³-hybridized carbons (Fsp3) is 0.571. The number of hydrogen-bond donors (Lipinski definition) is 1. The summed E-state index contributed by atoms with van der Waals surface area (Å²) in [5.41, 5.74) is -0.172. The third-order valence-electron chi connectivity index (χ3n) is 3.11. The molecule has 1 aromatic rings. The third-order valence-corrected chi connectivity index (χ3v) is 5.57. The van der Waals surface area contributed by atoms with Crippen LogP contribution in [0.15, 0.2) is 23.1 Å². The van der Waals surface area contributed by atoms with E-state index in [1.54, 1.807) is 6.07 Å². The number of sulfone groups is 1. The van der Waals surface area contributed by atoms with E-state index in [-0.39, 0.29) is 27.1 Å². The van der Waals surface area contributed by atoms with E-state index in [1.165, 1.54) is 12.1 Å². The average molecular weight is 338 g/mol. The summed E-state index contributed by atoms with van der Waals surface area (Å²) in [7, 11) is -3.50.